The summed E-state index contributed by atoms with van der Waals surface area (Å²) in [6.45, 7) is 8.20. The number of amides is 1. The molecular weight excluding hydrogens is 356 g/mol. The summed E-state index contributed by atoms with van der Waals surface area (Å²) < 4.78 is 5.88. The molecular formula is C18H26N2O3S2. The number of hydrogen-bond donors (Lipinski definition) is 1. The molecule has 0 aliphatic heterocycles. The van der Waals surface area contributed by atoms with E-state index in [4.69, 9.17) is 17.0 Å². The number of thiocarbonyl (C=S) groups is 1. The van der Waals surface area contributed by atoms with Gasteiger partial charge in [0.25, 0.3) is 0 Å². The van der Waals surface area contributed by atoms with Gasteiger partial charge in [0.1, 0.15) is 4.32 Å². The van der Waals surface area contributed by atoms with Gasteiger partial charge in [0.05, 0.1) is 17.9 Å². The number of thioether (sulfide) groups is 1. The third-order valence-electron chi connectivity index (χ3n) is 3.48. The summed E-state index contributed by atoms with van der Waals surface area (Å²) in [6.07, 6.45) is 1.83. The summed E-state index contributed by atoms with van der Waals surface area (Å²) in [4.78, 5) is 25.9. The second kappa shape index (κ2) is 11.9. The SMILES string of the molecule is CCCCOC(=O)c1ccc(NC(=O)CSC(=S)N(CC)CC)cc1. The first-order chi connectivity index (χ1) is 12.0. The number of anilines is 1. The topological polar surface area (TPSA) is 58.6 Å². The van der Waals surface area contributed by atoms with Crippen LogP contribution in [0.1, 0.15) is 44.0 Å². The summed E-state index contributed by atoms with van der Waals surface area (Å²) in [5, 5.41) is 2.80. The van der Waals surface area contributed by atoms with Crippen molar-refractivity contribution in [2.45, 2.75) is 33.6 Å². The molecule has 0 atom stereocenters. The van der Waals surface area contributed by atoms with Crippen LogP contribution in [-0.2, 0) is 9.53 Å². The van der Waals surface area contributed by atoms with Crippen LogP contribution in [0.15, 0.2) is 24.3 Å². The Hall–Kier alpha value is -1.60. The maximum Gasteiger partial charge on any atom is 0.338 e. The summed E-state index contributed by atoms with van der Waals surface area (Å²) in [7, 11) is 0. The van der Waals surface area contributed by atoms with Gasteiger partial charge in [0, 0.05) is 18.8 Å². The van der Waals surface area contributed by atoms with Crippen molar-refractivity contribution in [1.29, 1.82) is 0 Å². The van der Waals surface area contributed by atoms with Crippen molar-refractivity contribution in [2.24, 2.45) is 0 Å². The van der Waals surface area contributed by atoms with E-state index in [1.807, 2.05) is 25.7 Å². The molecule has 0 aliphatic rings. The highest BCUT2D eigenvalue weighted by Crippen LogP contribution is 2.13. The van der Waals surface area contributed by atoms with Gasteiger partial charge >= 0.3 is 5.97 Å². The zero-order chi connectivity index (χ0) is 18.7. The molecule has 138 valence electrons. The van der Waals surface area contributed by atoms with Gasteiger partial charge in [-0.1, -0.05) is 37.3 Å². The monoisotopic (exact) mass is 382 g/mol. The fourth-order valence-corrected chi connectivity index (χ4v) is 3.18. The van der Waals surface area contributed by atoms with Gasteiger partial charge in [0.2, 0.25) is 5.91 Å². The van der Waals surface area contributed by atoms with Crippen molar-refractivity contribution in [1.82, 2.24) is 4.90 Å². The number of unbranched alkanes of at least 4 members (excludes halogenated alkanes) is 1. The minimum absolute atomic E-state index is 0.127. The number of nitrogens with one attached hydrogen (secondary N) is 1. The van der Waals surface area contributed by atoms with E-state index in [1.165, 1.54) is 11.8 Å². The Morgan fingerprint density at radius 1 is 1.16 bits per heavy atom. The van der Waals surface area contributed by atoms with Gasteiger partial charge in [0.15, 0.2) is 0 Å². The summed E-state index contributed by atoms with van der Waals surface area (Å²) in [6, 6.07) is 6.69. The Morgan fingerprint density at radius 3 is 2.36 bits per heavy atom. The Balaban J connectivity index is 2.45. The molecule has 0 fully saturated rings. The molecule has 1 rings (SSSR count). The summed E-state index contributed by atoms with van der Waals surface area (Å²) in [5.74, 6) is -0.208. The number of nitrogens with zero attached hydrogens (tertiary/aromatic N) is 1. The molecule has 0 saturated carbocycles. The van der Waals surface area contributed by atoms with Crippen LogP contribution in [0.2, 0.25) is 0 Å². The van der Waals surface area contributed by atoms with Crippen molar-refractivity contribution >= 4 is 45.9 Å². The van der Waals surface area contributed by atoms with Crippen LogP contribution in [0.5, 0.6) is 0 Å². The minimum Gasteiger partial charge on any atom is -0.462 e. The molecule has 5 nitrogen and oxygen atoms in total. The molecule has 0 spiro atoms. The third-order valence-corrected chi connectivity index (χ3v) is 5.01. The lowest BCUT2D eigenvalue weighted by molar-refractivity contribution is -0.113. The average Bonchev–Trinajstić information content (AvgIpc) is 2.61. The fraction of sp³-hybridized carbons (Fsp3) is 0.500. The fourth-order valence-electron chi connectivity index (χ4n) is 1.98. The van der Waals surface area contributed by atoms with Crippen molar-refractivity contribution in [2.75, 3.05) is 30.8 Å². The second-order valence-corrected chi connectivity index (χ2v) is 6.95. The second-order valence-electron chi connectivity index (χ2n) is 5.34. The van der Waals surface area contributed by atoms with Gasteiger partial charge < -0.3 is 15.0 Å². The molecule has 0 aliphatic carbocycles. The molecule has 0 aromatic heterocycles. The third kappa shape index (κ3) is 7.88. The number of benzene rings is 1. The van der Waals surface area contributed by atoms with E-state index < -0.39 is 0 Å². The van der Waals surface area contributed by atoms with Gasteiger partial charge in [-0.15, -0.1) is 0 Å². The number of ether oxygens (including phenoxy) is 1. The average molecular weight is 383 g/mol. The highest BCUT2D eigenvalue weighted by Gasteiger charge is 2.10. The molecule has 0 bridgehead atoms. The molecule has 0 saturated heterocycles. The van der Waals surface area contributed by atoms with Crippen molar-refractivity contribution in [3.05, 3.63) is 29.8 Å². The molecule has 1 aromatic rings. The quantitative estimate of drug-likeness (QED) is 0.397. The number of esters is 1. The Bertz CT molecular complexity index is 572. The first-order valence-electron chi connectivity index (χ1n) is 8.50. The number of carbonyl (C=O) groups excluding carboxylic acids is 2. The normalized spacial score (nSPS) is 10.2. The Morgan fingerprint density at radius 2 is 1.80 bits per heavy atom. The van der Waals surface area contributed by atoms with Gasteiger partial charge in [-0.2, -0.15) is 0 Å². The summed E-state index contributed by atoms with van der Waals surface area (Å²) in [5.41, 5.74) is 1.12. The first-order valence-corrected chi connectivity index (χ1v) is 9.89. The van der Waals surface area contributed by atoms with Crippen LogP contribution in [0.3, 0.4) is 0 Å². The largest absolute Gasteiger partial charge is 0.462 e. The van der Waals surface area contributed by atoms with E-state index in [0.29, 0.717) is 17.9 Å². The predicted octanol–water partition coefficient (Wildman–Crippen LogP) is 3.94. The van der Waals surface area contributed by atoms with E-state index >= 15 is 0 Å². The molecule has 0 heterocycles. The first kappa shape index (κ1) is 21.4. The van der Waals surface area contributed by atoms with Crippen LogP contribution >= 0.6 is 24.0 Å². The highest BCUT2D eigenvalue weighted by atomic mass is 32.2. The van der Waals surface area contributed by atoms with E-state index in [0.717, 1.165) is 30.3 Å². The van der Waals surface area contributed by atoms with E-state index in [2.05, 4.69) is 5.32 Å². The zero-order valence-corrected chi connectivity index (χ0v) is 16.7. The number of hydrogen-bond acceptors (Lipinski definition) is 5. The van der Waals surface area contributed by atoms with E-state index in [9.17, 15) is 9.59 Å². The molecule has 0 radical (unpaired) electrons. The molecule has 0 unspecified atom stereocenters. The smallest absolute Gasteiger partial charge is 0.338 e. The lowest BCUT2D eigenvalue weighted by Gasteiger charge is -2.20. The van der Waals surface area contributed by atoms with Gasteiger partial charge in [-0.05, 0) is 44.5 Å². The van der Waals surface area contributed by atoms with Crippen LogP contribution in [0.25, 0.3) is 0 Å². The maximum absolute atomic E-state index is 12.0. The molecule has 1 N–H and O–H groups in total. The molecule has 1 aromatic carbocycles. The Labute approximate surface area is 159 Å². The van der Waals surface area contributed by atoms with Crippen molar-refractivity contribution in [3.8, 4) is 0 Å². The molecule has 1 amide bonds. The van der Waals surface area contributed by atoms with Crippen molar-refractivity contribution < 1.29 is 14.3 Å². The van der Waals surface area contributed by atoms with E-state index in [1.54, 1.807) is 24.3 Å². The van der Waals surface area contributed by atoms with Crippen LogP contribution in [0.4, 0.5) is 5.69 Å². The lowest BCUT2D eigenvalue weighted by Crippen LogP contribution is -2.28. The maximum atomic E-state index is 12.0. The number of carbonyl (C=O) groups is 2. The van der Waals surface area contributed by atoms with E-state index in [-0.39, 0.29) is 17.6 Å². The Kier molecular flexibility index (Phi) is 10.2. The van der Waals surface area contributed by atoms with Crippen molar-refractivity contribution in [3.63, 3.8) is 0 Å². The van der Waals surface area contributed by atoms with Gasteiger partial charge in [-0.25, -0.2) is 4.79 Å². The van der Waals surface area contributed by atoms with Crippen LogP contribution in [0, 0.1) is 0 Å². The lowest BCUT2D eigenvalue weighted by atomic mass is 10.2. The zero-order valence-electron chi connectivity index (χ0n) is 15.0. The number of rotatable bonds is 9. The van der Waals surface area contributed by atoms with Crippen LogP contribution < -0.4 is 5.32 Å². The van der Waals surface area contributed by atoms with Crippen LogP contribution in [-0.4, -0.2) is 46.5 Å². The minimum atomic E-state index is -0.341. The van der Waals surface area contributed by atoms with Gasteiger partial charge in [-0.3, -0.25) is 4.79 Å². The highest BCUT2D eigenvalue weighted by molar-refractivity contribution is 8.23. The molecule has 25 heavy (non-hydrogen) atoms. The predicted molar refractivity (Wildman–Crippen MR) is 108 cm³/mol. The molecule has 7 heteroatoms. The standard InChI is InChI=1S/C18H26N2O3S2/c1-4-7-12-23-17(22)14-8-10-15(11-9-14)19-16(21)13-25-18(24)20(5-2)6-3/h8-11H,4-7,12-13H2,1-3H3,(H,19,21). The summed E-state index contributed by atoms with van der Waals surface area (Å²) >= 11 is 6.66.